The zero-order valence-corrected chi connectivity index (χ0v) is 14.5. The number of aromatic nitrogens is 2. The fraction of sp³-hybridized carbons (Fsp3) is 0.308. The predicted molar refractivity (Wildman–Crippen MR) is 87.7 cm³/mol. The first-order valence-electron chi connectivity index (χ1n) is 6.60. The molecule has 2 rings (SSSR count). The third kappa shape index (κ3) is 3.54. The molecular weight excluding hydrogens is 360 g/mol. The van der Waals surface area contributed by atoms with E-state index in [-0.39, 0.29) is 17.1 Å². The van der Waals surface area contributed by atoms with Crippen molar-refractivity contribution in [3.05, 3.63) is 37.3 Å². The molecule has 2 heterocycles. The maximum absolute atomic E-state index is 12.2. The van der Waals surface area contributed by atoms with Crippen LogP contribution < -0.4 is 5.32 Å². The second-order valence-electron chi connectivity index (χ2n) is 4.78. The van der Waals surface area contributed by atoms with Gasteiger partial charge in [0.1, 0.15) is 11.5 Å². The van der Waals surface area contributed by atoms with Crippen LogP contribution in [0.25, 0.3) is 0 Å². The van der Waals surface area contributed by atoms with Crippen molar-refractivity contribution in [3.8, 4) is 0 Å². The summed E-state index contributed by atoms with van der Waals surface area (Å²) in [5.74, 6) is -1.58. The minimum absolute atomic E-state index is 0.116. The van der Waals surface area contributed by atoms with Crippen molar-refractivity contribution in [2.24, 2.45) is 0 Å². The number of hydrogen-bond donors (Lipinski definition) is 1. The number of carbonyl (C=O) groups is 2. The van der Waals surface area contributed by atoms with Gasteiger partial charge in [0.15, 0.2) is 5.02 Å². The molecule has 1 amide bonds. The SMILES string of the molecule is COC(=O)c1cc(C)sc1NC(=O)Cn1nc([N+](=O)[O-])c(Cl)c1C. The third-order valence-corrected chi connectivity index (χ3v) is 4.50. The summed E-state index contributed by atoms with van der Waals surface area (Å²) in [5.41, 5.74) is 0.545. The first kappa shape index (κ1) is 17.9. The van der Waals surface area contributed by atoms with E-state index in [9.17, 15) is 19.7 Å². The third-order valence-electron chi connectivity index (χ3n) is 3.10. The number of nitrogens with zero attached hydrogens (tertiary/aromatic N) is 3. The molecule has 0 radical (unpaired) electrons. The van der Waals surface area contributed by atoms with Gasteiger partial charge >= 0.3 is 11.8 Å². The van der Waals surface area contributed by atoms with Crippen molar-refractivity contribution in [1.82, 2.24) is 9.78 Å². The van der Waals surface area contributed by atoms with Gasteiger partial charge in [-0.05, 0) is 24.8 Å². The molecule has 0 spiro atoms. The summed E-state index contributed by atoms with van der Waals surface area (Å²) in [6, 6.07) is 1.60. The Morgan fingerprint density at radius 2 is 2.17 bits per heavy atom. The van der Waals surface area contributed by atoms with E-state index in [2.05, 4.69) is 15.2 Å². The summed E-state index contributed by atoms with van der Waals surface area (Å²) < 4.78 is 5.79. The zero-order valence-electron chi connectivity index (χ0n) is 13.0. The highest BCUT2D eigenvalue weighted by molar-refractivity contribution is 7.16. The number of hydrogen-bond acceptors (Lipinski definition) is 7. The summed E-state index contributed by atoms with van der Waals surface area (Å²) in [6.45, 7) is 3.02. The molecule has 0 unspecified atom stereocenters. The summed E-state index contributed by atoms with van der Waals surface area (Å²) in [5, 5.41) is 17.3. The molecule has 128 valence electrons. The van der Waals surface area contributed by atoms with Gasteiger partial charge in [0, 0.05) is 4.88 Å². The molecular formula is C13H13ClN4O5S. The van der Waals surface area contributed by atoms with E-state index in [1.807, 2.05) is 0 Å². The fourth-order valence-electron chi connectivity index (χ4n) is 1.95. The minimum Gasteiger partial charge on any atom is -0.465 e. The van der Waals surface area contributed by atoms with E-state index in [1.165, 1.54) is 25.4 Å². The molecule has 0 saturated heterocycles. The normalized spacial score (nSPS) is 10.5. The minimum atomic E-state index is -0.721. The van der Waals surface area contributed by atoms with E-state index < -0.39 is 22.6 Å². The molecule has 0 saturated carbocycles. The van der Waals surface area contributed by atoms with Crippen LogP contribution >= 0.6 is 22.9 Å². The monoisotopic (exact) mass is 372 g/mol. The Labute approximate surface area is 145 Å². The lowest BCUT2D eigenvalue weighted by molar-refractivity contribution is -0.389. The van der Waals surface area contributed by atoms with Gasteiger partial charge < -0.3 is 20.2 Å². The van der Waals surface area contributed by atoms with Crippen LogP contribution in [0.1, 0.15) is 20.9 Å². The molecule has 9 nitrogen and oxygen atoms in total. The second-order valence-corrected chi connectivity index (χ2v) is 6.41. The van der Waals surface area contributed by atoms with Crippen LogP contribution in [0.4, 0.5) is 10.8 Å². The standard InChI is InChI=1S/C13H13ClN4O5S/c1-6-4-8(13(20)23-3)12(24-6)15-9(19)5-17-7(2)10(14)11(16-17)18(21)22/h4H,5H2,1-3H3,(H,15,19). The van der Waals surface area contributed by atoms with Gasteiger partial charge in [-0.3, -0.25) is 4.79 Å². The summed E-state index contributed by atoms with van der Waals surface area (Å²) in [6.07, 6.45) is 0. The average molecular weight is 373 g/mol. The Kier molecular flexibility index (Phi) is 5.20. The summed E-state index contributed by atoms with van der Waals surface area (Å²) in [4.78, 5) is 34.8. The van der Waals surface area contributed by atoms with Crippen LogP contribution in [0.5, 0.6) is 0 Å². The van der Waals surface area contributed by atoms with Crippen LogP contribution in [0, 0.1) is 24.0 Å². The topological polar surface area (TPSA) is 116 Å². The highest BCUT2D eigenvalue weighted by Crippen LogP contribution is 2.29. The van der Waals surface area contributed by atoms with Crippen molar-refractivity contribution in [2.75, 3.05) is 12.4 Å². The molecule has 0 fully saturated rings. The number of amides is 1. The van der Waals surface area contributed by atoms with Crippen molar-refractivity contribution in [1.29, 1.82) is 0 Å². The molecule has 1 N–H and O–H groups in total. The highest BCUT2D eigenvalue weighted by atomic mass is 35.5. The number of thiophene rings is 1. The number of nitro groups is 1. The van der Waals surface area contributed by atoms with Gasteiger partial charge in [-0.25, -0.2) is 4.79 Å². The molecule has 2 aromatic heterocycles. The van der Waals surface area contributed by atoms with Crippen LogP contribution in [-0.4, -0.2) is 33.7 Å². The van der Waals surface area contributed by atoms with Crippen LogP contribution in [-0.2, 0) is 16.1 Å². The molecule has 0 aliphatic carbocycles. The quantitative estimate of drug-likeness (QED) is 0.489. The van der Waals surface area contributed by atoms with E-state index in [0.717, 1.165) is 9.56 Å². The Balaban J connectivity index is 2.19. The number of esters is 1. The van der Waals surface area contributed by atoms with E-state index in [1.54, 1.807) is 13.0 Å². The number of methoxy groups -OCH3 is 1. The van der Waals surface area contributed by atoms with Gasteiger partial charge in [0.25, 0.3) is 0 Å². The molecule has 24 heavy (non-hydrogen) atoms. The maximum atomic E-state index is 12.2. The van der Waals surface area contributed by atoms with E-state index in [4.69, 9.17) is 11.6 Å². The van der Waals surface area contributed by atoms with Crippen molar-refractivity contribution >= 4 is 45.6 Å². The first-order chi connectivity index (χ1) is 11.2. The molecule has 2 aromatic rings. The molecule has 0 bridgehead atoms. The lowest BCUT2D eigenvalue weighted by Gasteiger charge is -2.05. The van der Waals surface area contributed by atoms with Gasteiger partial charge in [-0.2, -0.15) is 4.68 Å². The molecule has 0 aliphatic heterocycles. The van der Waals surface area contributed by atoms with Gasteiger partial charge in [0.05, 0.1) is 23.5 Å². The molecule has 11 heteroatoms. The van der Waals surface area contributed by atoms with E-state index in [0.29, 0.717) is 10.7 Å². The summed E-state index contributed by atoms with van der Waals surface area (Å²) >= 11 is 7.04. The lowest BCUT2D eigenvalue weighted by atomic mass is 10.3. The molecule has 0 aromatic carbocycles. The highest BCUT2D eigenvalue weighted by Gasteiger charge is 2.25. The Morgan fingerprint density at radius 1 is 1.50 bits per heavy atom. The van der Waals surface area contributed by atoms with Crippen LogP contribution in [0.2, 0.25) is 5.02 Å². The van der Waals surface area contributed by atoms with E-state index >= 15 is 0 Å². The number of rotatable bonds is 5. The van der Waals surface area contributed by atoms with Gasteiger partial charge in [-0.1, -0.05) is 11.6 Å². The second kappa shape index (κ2) is 6.97. The Bertz CT molecular complexity index is 829. The van der Waals surface area contributed by atoms with Gasteiger partial charge in [0.2, 0.25) is 5.91 Å². The zero-order chi connectivity index (χ0) is 18.0. The molecule has 0 atom stereocenters. The number of aryl methyl sites for hydroxylation is 1. The van der Waals surface area contributed by atoms with Crippen LogP contribution in [0.3, 0.4) is 0 Å². The number of nitrogens with one attached hydrogen (secondary N) is 1. The predicted octanol–water partition coefficient (Wildman–Crippen LogP) is 2.55. The average Bonchev–Trinajstić information content (AvgIpc) is 3.01. The lowest BCUT2D eigenvalue weighted by Crippen LogP contribution is -2.21. The van der Waals surface area contributed by atoms with Gasteiger partial charge in [-0.15, -0.1) is 11.3 Å². The number of anilines is 1. The van der Waals surface area contributed by atoms with Crippen molar-refractivity contribution < 1.29 is 19.2 Å². The van der Waals surface area contributed by atoms with Crippen molar-refractivity contribution in [3.63, 3.8) is 0 Å². The smallest absolute Gasteiger partial charge is 0.408 e. The molecule has 0 aliphatic rings. The maximum Gasteiger partial charge on any atom is 0.408 e. The fourth-order valence-corrected chi connectivity index (χ4v) is 3.07. The van der Waals surface area contributed by atoms with Crippen molar-refractivity contribution in [2.45, 2.75) is 20.4 Å². The Morgan fingerprint density at radius 3 is 2.71 bits per heavy atom. The first-order valence-corrected chi connectivity index (χ1v) is 7.80. The largest absolute Gasteiger partial charge is 0.465 e. The summed E-state index contributed by atoms with van der Waals surface area (Å²) in [7, 11) is 1.25. The number of carbonyl (C=O) groups excluding carboxylic acids is 2. The number of ether oxygens (including phenoxy) is 1. The Hall–Kier alpha value is -2.46. The number of halogens is 1. The van der Waals surface area contributed by atoms with Crippen LogP contribution in [0.15, 0.2) is 6.07 Å².